The number of ketones is 1. The van der Waals surface area contributed by atoms with Gasteiger partial charge < -0.3 is 0 Å². The zero-order valence-electron chi connectivity index (χ0n) is 5.80. The molecule has 0 bridgehead atoms. The Kier molecular flexibility index (Phi) is 1.24. The summed E-state index contributed by atoms with van der Waals surface area (Å²) in [6, 6.07) is 1.26. The Labute approximate surface area is 63.1 Å². The van der Waals surface area contributed by atoms with Crippen LogP contribution >= 0.6 is 0 Å². The molecule has 0 spiro atoms. The number of carbonyl (C=O) groups excluding carboxylic acids is 1. The van der Waals surface area contributed by atoms with E-state index in [-0.39, 0.29) is 5.78 Å². The number of halogens is 1. The highest BCUT2D eigenvalue weighted by Crippen LogP contribution is 2.19. The second-order valence-corrected chi connectivity index (χ2v) is 2.57. The number of Topliss-reactive ketones (excluding diaryl/α,β-unsaturated/α-hetero) is 1. The third-order valence-electron chi connectivity index (χ3n) is 1.83. The molecule has 0 radical (unpaired) electrons. The lowest BCUT2D eigenvalue weighted by molar-refractivity contribution is 0.0994. The van der Waals surface area contributed by atoms with Crippen molar-refractivity contribution in [2.24, 2.45) is 0 Å². The van der Waals surface area contributed by atoms with Crippen LogP contribution in [0.5, 0.6) is 0 Å². The Hall–Kier alpha value is -1.25. The molecule has 0 atom stereocenters. The Balaban J connectivity index is 2.60. The van der Waals surface area contributed by atoms with E-state index in [0.29, 0.717) is 18.4 Å². The monoisotopic (exact) mass is 151 g/mol. The van der Waals surface area contributed by atoms with Crippen molar-refractivity contribution in [1.29, 1.82) is 0 Å². The Morgan fingerprint density at radius 1 is 1.45 bits per heavy atom. The van der Waals surface area contributed by atoms with E-state index in [2.05, 4.69) is 4.98 Å². The summed E-state index contributed by atoms with van der Waals surface area (Å²) in [5, 5.41) is 0. The van der Waals surface area contributed by atoms with Gasteiger partial charge in [0.2, 0.25) is 0 Å². The number of pyridine rings is 1. The molecule has 3 heteroatoms. The number of rotatable bonds is 0. The molecule has 0 fully saturated rings. The van der Waals surface area contributed by atoms with Gasteiger partial charge in [-0.15, -0.1) is 0 Å². The quantitative estimate of drug-likeness (QED) is 0.560. The second kappa shape index (κ2) is 2.12. The van der Waals surface area contributed by atoms with Crippen LogP contribution in [0.3, 0.4) is 0 Å². The summed E-state index contributed by atoms with van der Waals surface area (Å²) in [6.07, 6.45) is 2.29. The summed E-state index contributed by atoms with van der Waals surface area (Å²) in [4.78, 5) is 14.8. The third kappa shape index (κ3) is 0.926. The summed E-state index contributed by atoms with van der Waals surface area (Å²) in [5.41, 5.74) is 1.20. The minimum atomic E-state index is -0.431. The smallest absolute Gasteiger partial charge is 0.165 e. The van der Waals surface area contributed by atoms with Gasteiger partial charge in [-0.1, -0.05) is 0 Å². The van der Waals surface area contributed by atoms with Gasteiger partial charge >= 0.3 is 0 Å². The number of nitrogens with zero attached hydrogens (tertiary/aromatic N) is 1. The van der Waals surface area contributed by atoms with Crippen LogP contribution in [0.25, 0.3) is 0 Å². The first-order valence-corrected chi connectivity index (χ1v) is 3.45. The van der Waals surface area contributed by atoms with Crippen molar-refractivity contribution >= 4 is 5.78 Å². The standard InChI is InChI=1S/C8H6FNO/c9-5-3-6-7(10-4-5)1-2-8(6)11/h3-4H,1-2H2. The van der Waals surface area contributed by atoms with E-state index >= 15 is 0 Å². The highest BCUT2D eigenvalue weighted by Gasteiger charge is 2.20. The van der Waals surface area contributed by atoms with Gasteiger partial charge in [-0.05, 0) is 12.5 Å². The minimum Gasteiger partial charge on any atom is -0.294 e. The molecule has 1 aromatic rings. The molecule has 56 valence electrons. The summed E-state index contributed by atoms with van der Waals surface area (Å²) >= 11 is 0. The van der Waals surface area contributed by atoms with Crippen molar-refractivity contribution in [3.05, 3.63) is 29.3 Å². The zero-order valence-corrected chi connectivity index (χ0v) is 5.80. The average Bonchev–Trinajstić information content (AvgIpc) is 2.33. The lowest BCUT2D eigenvalue weighted by Crippen LogP contribution is -1.93. The molecule has 0 N–H and O–H groups in total. The SMILES string of the molecule is O=C1CCc2ncc(F)cc21. The van der Waals surface area contributed by atoms with E-state index in [0.717, 1.165) is 11.9 Å². The van der Waals surface area contributed by atoms with Crippen LogP contribution in [0.4, 0.5) is 4.39 Å². The van der Waals surface area contributed by atoms with Crippen LogP contribution in [0.1, 0.15) is 22.5 Å². The first-order valence-electron chi connectivity index (χ1n) is 3.45. The molecular formula is C8H6FNO. The maximum absolute atomic E-state index is 12.5. The molecule has 2 nitrogen and oxygen atoms in total. The highest BCUT2D eigenvalue weighted by molar-refractivity contribution is 5.99. The maximum atomic E-state index is 12.5. The molecule has 0 aliphatic heterocycles. The predicted molar refractivity (Wildman–Crippen MR) is 36.8 cm³/mol. The molecule has 11 heavy (non-hydrogen) atoms. The second-order valence-electron chi connectivity index (χ2n) is 2.57. The summed E-state index contributed by atoms with van der Waals surface area (Å²) in [6.45, 7) is 0. The molecule has 1 aliphatic carbocycles. The Morgan fingerprint density at radius 3 is 3.09 bits per heavy atom. The van der Waals surface area contributed by atoms with Crippen LogP contribution in [-0.2, 0) is 6.42 Å². The summed E-state index contributed by atoms with van der Waals surface area (Å²) in [7, 11) is 0. The van der Waals surface area contributed by atoms with Gasteiger partial charge in [0.05, 0.1) is 11.9 Å². The molecule has 2 rings (SSSR count). The van der Waals surface area contributed by atoms with Gasteiger partial charge in [0.25, 0.3) is 0 Å². The number of hydrogen-bond acceptors (Lipinski definition) is 2. The Bertz CT molecular complexity index is 322. The predicted octanol–water partition coefficient (Wildman–Crippen LogP) is 1.35. The van der Waals surface area contributed by atoms with Crippen molar-refractivity contribution < 1.29 is 9.18 Å². The maximum Gasteiger partial charge on any atom is 0.165 e. The molecule has 1 heterocycles. The molecular weight excluding hydrogens is 145 g/mol. The van der Waals surface area contributed by atoms with Gasteiger partial charge in [0.15, 0.2) is 5.78 Å². The van der Waals surface area contributed by atoms with Crippen molar-refractivity contribution in [1.82, 2.24) is 4.98 Å². The molecule has 0 aromatic carbocycles. The van der Waals surface area contributed by atoms with Crippen molar-refractivity contribution in [3.8, 4) is 0 Å². The van der Waals surface area contributed by atoms with E-state index in [9.17, 15) is 9.18 Å². The van der Waals surface area contributed by atoms with Crippen LogP contribution in [0, 0.1) is 5.82 Å². The Morgan fingerprint density at radius 2 is 2.27 bits per heavy atom. The van der Waals surface area contributed by atoms with Gasteiger partial charge in [0.1, 0.15) is 5.82 Å². The molecule has 1 aromatic heterocycles. The zero-order chi connectivity index (χ0) is 7.84. The van der Waals surface area contributed by atoms with Gasteiger partial charge in [-0.2, -0.15) is 0 Å². The fraction of sp³-hybridized carbons (Fsp3) is 0.250. The topological polar surface area (TPSA) is 30.0 Å². The number of hydrogen-bond donors (Lipinski definition) is 0. The van der Waals surface area contributed by atoms with E-state index in [1.54, 1.807) is 0 Å². The van der Waals surface area contributed by atoms with Crippen molar-refractivity contribution in [2.45, 2.75) is 12.8 Å². The van der Waals surface area contributed by atoms with Gasteiger partial charge in [-0.3, -0.25) is 9.78 Å². The van der Waals surface area contributed by atoms with E-state index < -0.39 is 5.82 Å². The molecule has 0 saturated carbocycles. The normalized spacial score (nSPS) is 15.2. The van der Waals surface area contributed by atoms with Crippen LogP contribution < -0.4 is 0 Å². The van der Waals surface area contributed by atoms with Crippen molar-refractivity contribution in [2.75, 3.05) is 0 Å². The van der Waals surface area contributed by atoms with Crippen LogP contribution in [-0.4, -0.2) is 10.8 Å². The first-order chi connectivity index (χ1) is 5.27. The number of carbonyl (C=O) groups is 1. The summed E-state index contributed by atoms with van der Waals surface area (Å²) < 4.78 is 12.5. The largest absolute Gasteiger partial charge is 0.294 e. The molecule has 0 amide bonds. The lowest BCUT2D eigenvalue weighted by atomic mass is 10.2. The number of fused-ring (bicyclic) bond motifs is 1. The van der Waals surface area contributed by atoms with Crippen LogP contribution in [0.15, 0.2) is 12.3 Å². The van der Waals surface area contributed by atoms with E-state index in [1.165, 1.54) is 6.07 Å². The van der Waals surface area contributed by atoms with Crippen molar-refractivity contribution in [3.63, 3.8) is 0 Å². The number of aryl methyl sites for hydroxylation is 1. The van der Waals surface area contributed by atoms with Gasteiger partial charge in [0, 0.05) is 12.0 Å². The first kappa shape index (κ1) is 6.46. The number of aromatic nitrogens is 1. The minimum absolute atomic E-state index is 0.00648. The lowest BCUT2D eigenvalue weighted by Gasteiger charge is -1.93. The molecule has 1 aliphatic rings. The average molecular weight is 151 g/mol. The van der Waals surface area contributed by atoms with Gasteiger partial charge in [-0.25, -0.2) is 4.39 Å². The highest BCUT2D eigenvalue weighted by atomic mass is 19.1. The van der Waals surface area contributed by atoms with E-state index in [1.807, 2.05) is 0 Å². The van der Waals surface area contributed by atoms with E-state index in [4.69, 9.17) is 0 Å². The fourth-order valence-electron chi connectivity index (χ4n) is 1.27. The molecule has 0 saturated heterocycles. The summed E-state index contributed by atoms with van der Waals surface area (Å²) in [5.74, 6) is -0.425. The van der Waals surface area contributed by atoms with Crippen LogP contribution in [0.2, 0.25) is 0 Å². The third-order valence-corrected chi connectivity index (χ3v) is 1.83. The fourth-order valence-corrected chi connectivity index (χ4v) is 1.27. The molecule has 0 unspecified atom stereocenters.